The summed E-state index contributed by atoms with van der Waals surface area (Å²) in [5, 5.41) is 7.51. The molecule has 3 heteroatoms. The average molecular weight is 167 g/mol. The Morgan fingerprint density at radius 3 is 2.08 bits per heavy atom. The standard InChI is InChI=1S/C7H9N.C2H4O2/c1-6-2-4-7(8)5-3-6;3-1-2-4/h2-5H,8H2,1H3;1,4H,2H2. The van der Waals surface area contributed by atoms with Crippen molar-refractivity contribution in [1.29, 1.82) is 0 Å². The Balaban J connectivity index is 0.000000261. The molecule has 0 amide bonds. The number of benzene rings is 1. The topological polar surface area (TPSA) is 63.3 Å². The van der Waals surface area contributed by atoms with Crippen LogP contribution in [0.3, 0.4) is 0 Å². The van der Waals surface area contributed by atoms with E-state index in [2.05, 4.69) is 0 Å². The third kappa shape index (κ3) is 5.44. The van der Waals surface area contributed by atoms with E-state index >= 15 is 0 Å². The monoisotopic (exact) mass is 167 g/mol. The van der Waals surface area contributed by atoms with Gasteiger partial charge in [0.1, 0.15) is 6.29 Å². The van der Waals surface area contributed by atoms with Crippen LogP contribution in [0.4, 0.5) is 5.69 Å². The summed E-state index contributed by atoms with van der Waals surface area (Å²) in [5.41, 5.74) is 7.51. The molecule has 1 aromatic carbocycles. The predicted octanol–water partition coefficient (Wildman–Crippen LogP) is 0.755. The van der Waals surface area contributed by atoms with E-state index in [-0.39, 0.29) is 6.61 Å². The number of aliphatic hydroxyl groups excluding tert-OH is 1. The Hall–Kier alpha value is -1.35. The highest BCUT2D eigenvalue weighted by molar-refractivity contribution is 5.49. The van der Waals surface area contributed by atoms with Gasteiger partial charge in [-0.2, -0.15) is 0 Å². The van der Waals surface area contributed by atoms with Crippen molar-refractivity contribution in [3.8, 4) is 0 Å². The van der Waals surface area contributed by atoms with Gasteiger partial charge in [0.25, 0.3) is 0 Å². The minimum atomic E-state index is -0.361. The molecule has 0 fully saturated rings. The number of anilines is 1. The normalized spacial score (nSPS) is 8.17. The van der Waals surface area contributed by atoms with Gasteiger partial charge in [-0.25, -0.2) is 0 Å². The maximum atomic E-state index is 8.92. The van der Waals surface area contributed by atoms with Gasteiger partial charge < -0.3 is 15.6 Å². The van der Waals surface area contributed by atoms with Crippen molar-refractivity contribution in [2.75, 3.05) is 12.3 Å². The van der Waals surface area contributed by atoms with Gasteiger partial charge in [-0.05, 0) is 19.1 Å². The van der Waals surface area contributed by atoms with E-state index in [4.69, 9.17) is 15.6 Å². The molecule has 0 spiro atoms. The summed E-state index contributed by atoms with van der Waals surface area (Å²) >= 11 is 0. The summed E-state index contributed by atoms with van der Waals surface area (Å²) in [4.78, 5) is 8.92. The first kappa shape index (κ1) is 10.7. The number of hydrogen-bond donors (Lipinski definition) is 2. The Kier molecular flexibility index (Phi) is 5.65. The van der Waals surface area contributed by atoms with Gasteiger partial charge in [-0.1, -0.05) is 17.7 Å². The largest absolute Gasteiger partial charge is 0.399 e. The van der Waals surface area contributed by atoms with E-state index in [1.807, 2.05) is 31.2 Å². The van der Waals surface area contributed by atoms with Crippen molar-refractivity contribution in [2.24, 2.45) is 0 Å². The zero-order chi connectivity index (χ0) is 9.40. The van der Waals surface area contributed by atoms with Crippen molar-refractivity contribution in [1.82, 2.24) is 0 Å². The Morgan fingerprint density at radius 2 is 1.83 bits per heavy atom. The maximum Gasteiger partial charge on any atom is 0.145 e. The second-order valence-corrected chi connectivity index (χ2v) is 2.26. The lowest BCUT2D eigenvalue weighted by Gasteiger charge is -1.90. The number of carbonyl (C=O) groups excluding carboxylic acids is 1. The van der Waals surface area contributed by atoms with Crippen molar-refractivity contribution in [3.05, 3.63) is 29.8 Å². The third-order valence-electron chi connectivity index (χ3n) is 1.15. The number of carbonyl (C=O) groups is 1. The highest BCUT2D eigenvalue weighted by Crippen LogP contribution is 2.02. The van der Waals surface area contributed by atoms with Gasteiger partial charge in [0.2, 0.25) is 0 Å². The van der Waals surface area contributed by atoms with E-state index in [9.17, 15) is 0 Å². The molecule has 1 aromatic rings. The number of hydrogen-bond acceptors (Lipinski definition) is 3. The van der Waals surface area contributed by atoms with Crippen LogP contribution in [-0.4, -0.2) is 18.0 Å². The van der Waals surface area contributed by atoms with Crippen LogP contribution in [-0.2, 0) is 4.79 Å². The lowest BCUT2D eigenvalue weighted by atomic mass is 10.2. The molecule has 0 atom stereocenters. The molecule has 0 aliphatic rings. The molecule has 12 heavy (non-hydrogen) atoms. The second kappa shape index (κ2) is 6.37. The Morgan fingerprint density at radius 1 is 1.42 bits per heavy atom. The van der Waals surface area contributed by atoms with Crippen molar-refractivity contribution in [2.45, 2.75) is 6.92 Å². The first-order chi connectivity index (χ1) is 5.70. The van der Waals surface area contributed by atoms with Crippen LogP contribution in [0.2, 0.25) is 0 Å². The van der Waals surface area contributed by atoms with Crippen molar-refractivity contribution < 1.29 is 9.90 Å². The molecule has 0 saturated heterocycles. The Labute approximate surface area is 71.8 Å². The quantitative estimate of drug-likeness (QED) is 0.479. The second-order valence-electron chi connectivity index (χ2n) is 2.26. The fourth-order valence-electron chi connectivity index (χ4n) is 0.566. The van der Waals surface area contributed by atoms with Crippen molar-refractivity contribution >= 4 is 12.0 Å². The maximum absolute atomic E-state index is 8.92. The van der Waals surface area contributed by atoms with Crippen LogP contribution >= 0.6 is 0 Å². The lowest BCUT2D eigenvalue weighted by Crippen LogP contribution is -1.81. The number of aryl methyl sites for hydroxylation is 1. The van der Waals surface area contributed by atoms with E-state index in [1.54, 1.807) is 0 Å². The molecule has 0 bridgehead atoms. The molecule has 0 aliphatic heterocycles. The average Bonchev–Trinajstić information content (AvgIpc) is 2.11. The van der Waals surface area contributed by atoms with E-state index < -0.39 is 0 Å². The third-order valence-corrected chi connectivity index (χ3v) is 1.15. The van der Waals surface area contributed by atoms with Crippen LogP contribution < -0.4 is 5.73 Å². The summed E-state index contributed by atoms with van der Waals surface area (Å²) in [6.07, 6.45) is 0.431. The number of nitrogens with two attached hydrogens (primary N) is 1. The van der Waals surface area contributed by atoms with E-state index in [0.717, 1.165) is 5.69 Å². The minimum absolute atomic E-state index is 0.361. The van der Waals surface area contributed by atoms with Gasteiger partial charge in [0.15, 0.2) is 0 Å². The van der Waals surface area contributed by atoms with E-state index in [1.165, 1.54) is 5.56 Å². The van der Waals surface area contributed by atoms with Gasteiger partial charge in [-0.3, -0.25) is 0 Å². The smallest absolute Gasteiger partial charge is 0.145 e. The summed E-state index contributed by atoms with van der Waals surface area (Å²) in [6.45, 7) is 1.68. The molecule has 1 rings (SSSR count). The fourth-order valence-corrected chi connectivity index (χ4v) is 0.566. The fraction of sp³-hybridized carbons (Fsp3) is 0.222. The number of rotatable bonds is 1. The van der Waals surface area contributed by atoms with Gasteiger partial charge >= 0.3 is 0 Å². The first-order valence-corrected chi connectivity index (χ1v) is 3.57. The predicted molar refractivity (Wildman–Crippen MR) is 48.7 cm³/mol. The van der Waals surface area contributed by atoms with Crippen LogP contribution in [0.25, 0.3) is 0 Å². The zero-order valence-electron chi connectivity index (χ0n) is 7.03. The lowest BCUT2D eigenvalue weighted by molar-refractivity contribution is -0.110. The molecule has 0 unspecified atom stereocenters. The van der Waals surface area contributed by atoms with Gasteiger partial charge in [-0.15, -0.1) is 0 Å². The summed E-state index contributed by atoms with van der Waals surface area (Å²) < 4.78 is 0. The minimum Gasteiger partial charge on any atom is -0.399 e. The molecule has 0 heterocycles. The van der Waals surface area contributed by atoms with Crippen molar-refractivity contribution in [3.63, 3.8) is 0 Å². The number of nitrogen functional groups attached to an aromatic ring is 1. The number of aliphatic hydroxyl groups is 1. The molecular weight excluding hydrogens is 154 g/mol. The molecule has 3 N–H and O–H groups in total. The highest BCUT2D eigenvalue weighted by Gasteiger charge is 1.80. The van der Waals surface area contributed by atoms with Crippen LogP contribution in [0.5, 0.6) is 0 Å². The zero-order valence-corrected chi connectivity index (χ0v) is 7.03. The van der Waals surface area contributed by atoms with E-state index in [0.29, 0.717) is 6.29 Å². The first-order valence-electron chi connectivity index (χ1n) is 3.57. The van der Waals surface area contributed by atoms with Crippen LogP contribution in [0.1, 0.15) is 5.56 Å². The highest BCUT2D eigenvalue weighted by atomic mass is 16.3. The Bertz CT molecular complexity index is 197. The molecular formula is C9H13NO2. The van der Waals surface area contributed by atoms with Crippen LogP contribution in [0.15, 0.2) is 24.3 Å². The molecule has 66 valence electrons. The molecule has 0 aromatic heterocycles. The number of aldehydes is 1. The van der Waals surface area contributed by atoms with Crippen LogP contribution in [0, 0.1) is 6.92 Å². The summed E-state index contributed by atoms with van der Waals surface area (Å²) in [6, 6.07) is 7.79. The van der Waals surface area contributed by atoms with Gasteiger partial charge in [0, 0.05) is 5.69 Å². The van der Waals surface area contributed by atoms with Gasteiger partial charge in [0.05, 0.1) is 6.61 Å². The molecule has 3 nitrogen and oxygen atoms in total. The summed E-state index contributed by atoms with van der Waals surface area (Å²) in [7, 11) is 0. The SMILES string of the molecule is Cc1ccc(N)cc1.O=CCO. The molecule has 0 saturated carbocycles. The summed E-state index contributed by atoms with van der Waals surface area (Å²) in [5.74, 6) is 0. The molecule has 0 radical (unpaired) electrons. The molecule has 0 aliphatic carbocycles.